The van der Waals surface area contributed by atoms with E-state index in [0.29, 0.717) is 12.0 Å². The van der Waals surface area contributed by atoms with E-state index in [4.69, 9.17) is 17.3 Å². The van der Waals surface area contributed by atoms with Crippen LogP contribution in [0.3, 0.4) is 0 Å². The molecule has 0 unspecified atom stereocenters. The number of halogens is 2. The average Bonchev–Trinajstić information content (AvgIpc) is 2.96. The third kappa shape index (κ3) is 5.33. The van der Waals surface area contributed by atoms with Crippen LogP contribution in [0.5, 0.6) is 0 Å². The van der Waals surface area contributed by atoms with Crippen molar-refractivity contribution in [1.82, 2.24) is 10.0 Å². The van der Waals surface area contributed by atoms with Crippen LogP contribution in [0.25, 0.3) is 0 Å². The van der Waals surface area contributed by atoms with Crippen molar-refractivity contribution in [2.24, 2.45) is 10.7 Å². The van der Waals surface area contributed by atoms with E-state index in [1.807, 2.05) is 0 Å². The van der Waals surface area contributed by atoms with Gasteiger partial charge in [-0.2, -0.15) is 0 Å². The molecule has 6 nitrogen and oxygen atoms in total. The van der Waals surface area contributed by atoms with Crippen LogP contribution in [0.4, 0.5) is 4.39 Å². The number of guanidine groups is 1. The van der Waals surface area contributed by atoms with E-state index in [2.05, 4.69) is 15.0 Å². The number of benzene rings is 1. The molecule has 1 fully saturated rings. The number of hydrogen-bond acceptors (Lipinski definition) is 3. The van der Waals surface area contributed by atoms with Crippen LogP contribution >= 0.6 is 11.6 Å². The topological polar surface area (TPSA) is 96.6 Å². The highest BCUT2D eigenvalue weighted by Gasteiger charge is 2.18. The van der Waals surface area contributed by atoms with Crippen LogP contribution in [-0.2, 0) is 10.0 Å². The molecule has 0 saturated heterocycles. The zero-order chi connectivity index (χ0) is 16.9. The second-order valence-corrected chi connectivity index (χ2v) is 7.51. The highest BCUT2D eigenvalue weighted by atomic mass is 35.5. The monoisotopic (exact) mass is 362 g/mol. The van der Waals surface area contributed by atoms with Crippen LogP contribution in [-0.4, -0.2) is 33.5 Å². The summed E-state index contributed by atoms with van der Waals surface area (Å²) in [6.07, 6.45) is 4.52. The maximum Gasteiger partial charge on any atom is 0.242 e. The zero-order valence-corrected chi connectivity index (χ0v) is 14.1. The number of nitrogens with two attached hydrogens (primary N) is 1. The molecule has 128 valence electrons. The highest BCUT2D eigenvalue weighted by molar-refractivity contribution is 7.89. The molecule has 1 aliphatic carbocycles. The summed E-state index contributed by atoms with van der Waals surface area (Å²) in [4.78, 5) is 3.92. The molecule has 2 rings (SSSR count). The number of nitrogens with one attached hydrogen (secondary N) is 2. The van der Waals surface area contributed by atoms with E-state index in [1.54, 1.807) is 0 Å². The maximum atomic E-state index is 13.0. The van der Waals surface area contributed by atoms with Gasteiger partial charge in [0.2, 0.25) is 10.0 Å². The van der Waals surface area contributed by atoms with Gasteiger partial charge in [-0.1, -0.05) is 24.4 Å². The van der Waals surface area contributed by atoms with Crippen molar-refractivity contribution in [3.05, 3.63) is 29.0 Å². The molecule has 0 aliphatic heterocycles. The van der Waals surface area contributed by atoms with Crippen molar-refractivity contribution in [2.45, 2.75) is 36.6 Å². The van der Waals surface area contributed by atoms with Crippen LogP contribution in [0.15, 0.2) is 28.1 Å². The molecule has 9 heteroatoms. The Kier molecular flexibility index (Phi) is 6.20. The molecule has 0 amide bonds. The molecule has 0 bridgehead atoms. The molecule has 0 spiro atoms. The Morgan fingerprint density at radius 2 is 2.09 bits per heavy atom. The van der Waals surface area contributed by atoms with Gasteiger partial charge in [-0.25, -0.2) is 17.5 Å². The van der Waals surface area contributed by atoms with Crippen molar-refractivity contribution in [3.8, 4) is 0 Å². The summed E-state index contributed by atoms with van der Waals surface area (Å²) in [6.45, 7) is 0.271. The quantitative estimate of drug-likeness (QED) is 0.407. The SMILES string of the molecule is NC(=NCCNS(=O)(=O)c1ccc(F)cc1Cl)NC1CCCC1. The minimum atomic E-state index is -3.81. The van der Waals surface area contributed by atoms with E-state index in [1.165, 1.54) is 12.8 Å². The normalized spacial score (nSPS) is 16.7. The summed E-state index contributed by atoms with van der Waals surface area (Å²) in [5.74, 6) is -0.278. The first-order valence-electron chi connectivity index (χ1n) is 7.39. The lowest BCUT2D eigenvalue weighted by Crippen LogP contribution is -2.39. The van der Waals surface area contributed by atoms with Gasteiger partial charge in [0, 0.05) is 12.6 Å². The van der Waals surface area contributed by atoms with Crippen LogP contribution in [0, 0.1) is 5.82 Å². The van der Waals surface area contributed by atoms with Crippen LogP contribution in [0.1, 0.15) is 25.7 Å². The summed E-state index contributed by atoms with van der Waals surface area (Å²) in [5.41, 5.74) is 5.75. The van der Waals surface area contributed by atoms with Gasteiger partial charge < -0.3 is 11.1 Å². The molecule has 0 atom stereocenters. The number of hydrogen-bond donors (Lipinski definition) is 3. The van der Waals surface area contributed by atoms with Gasteiger partial charge in [-0.3, -0.25) is 4.99 Å². The average molecular weight is 363 g/mol. The smallest absolute Gasteiger partial charge is 0.242 e. The first kappa shape index (κ1) is 18.0. The van der Waals surface area contributed by atoms with Gasteiger partial charge in [-0.15, -0.1) is 0 Å². The molecule has 0 aromatic heterocycles. The van der Waals surface area contributed by atoms with Crippen molar-refractivity contribution in [3.63, 3.8) is 0 Å². The van der Waals surface area contributed by atoms with Gasteiger partial charge in [0.1, 0.15) is 10.7 Å². The molecular weight excluding hydrogens is 343 g/mol. The summed E-state index contributed by atoms with van der Waals surface area (Å²) in [5, 5.41) is 2.95. The minimum Gasteiger partial charge on any atom is -0.370 e. The van der Waals surface area contributed by atoms with Crippen molar-refractivity contribution in [2.75, 3.05) is 13.1 Å². The molecule has 1 aromatic carbocycles. The number of rotatable bonds is 6. The van der Waals surface area contributed by atoms with Crippen LogP contribution < -0.4 is 15.8 Å². The fourth-order valence-corrected chi connectivity index (χ4v) is 4.00. The first-order valence-corrected chi connectivity index (χ1v) is 9.26. The summed E-state index contributed by atoms with van der Waals surface area (Å²) >= 11 is 5.76. The van der Waals surface area contributed by atoms with E-state index in [9.17, 15) is 12.8 Å². The zero-order valence-electron chi connectivity index (χ0n) is 12.6. The standard InChI is InChI=1S/C14H20ClFN4O2S/c15-12-9-10(16)5-6-13(12)23(21,22)19-8-7-18-14(17)20-11-3-1-2-4-11/h5-6,9,11,19H,1-4,7-8H2,(H3,17,18,20). The van der Waals surface area contributed by atoms with E-state index in [-0.39, 0.29) is 23.0 Å². The van der Waals surface area contributed by atoms with E-state index >= 15 is 0 Å². The summed E-state index contributed by atoms with van der Waals surface area (Å²) < 4.78 is 39.5. The lowest BCUT2D eigenvalue weighted by atomic mass is 10.2. The molecule has 1 aromatic rings. The summed E-state index contributed by atoms with van der Waals surface area (Å²) in [6, 6.07) is 3.48. The Morgan fingerprint density at radius 3 is 2.74 bits per heavy atom. The second kappa shape index (κ2) is 7.94. The molecule has 23 heavy (non-hydrogen) atoms. The molecule has 0 radical (unpaired) electrons. The molecule has 1 saturated carbocycles. The third-order valence-corrected chi connectivity index (χ3v) is 5.52. The lowest BCUT2D eigenvalue weighted by Gasteiger charge is -2.12. The second-order valence-electron chi connectivity index (χ2n) is 5.37. The third-order valence-electron chi connectivity index (χ3n) is 3.58. The van der Waals surface area contributed by atoms with Gasteiger partial charge >= 0.3 is 0 Å². The summed E-state index contributed by atoms with van der Waals surface area (Å²) in [7, 11) is -3.81. The van der Waals surface area contributed by atoms with Crippen LogP contribution in [0.2, 0.25) is 5.02 Å². The Hall–Kier alpha value is -1.38. The highest BCUT2D eigenvalue weighted by Crippen LogP contribution is 2.21. The van der Waals surface area contributed by atoms with Crippen molar-refractivity contribution < 1.29 is 12.8 Å². The fourth-order valence-electron chi connectivity index (χ4n) is 2.45. The van der Waals surface area contributed by atoms with E-state index < -0.39 is 15.8 Å². The van der Waals surface area contributed by atoms with Gasteiger partial charge in [0.25, 0.3) is 0 Å². The van der Waals surface area contributed by atoms with Crippen molar-refractivity contribution in [1.29, 1.82) is 0 Å². The predicted octanol–water partition coefficient (Wildman–Crippen LogP) is 1.60. The maximum absolute atomic E-state index is 13.0. The number of aliphatic imine (C=N–C) groups is 1. The fraction of sp³-hybridized carbons (Fsp3) is 0.500. The Morgan fingerprint density at radius 1 is 1.39 bits per heavy atom. The lowest BCUT2D eigenvalue weighted by molar-refractivity contribution is 0.581. The van der Waals surface area contributed by atoms with Gasteiger partial charge in [-0.05, 0) is 31.0 Å². The molecule has 1 aliphatic rings. The first-order chi connectivity index (χ1) is 10.9. The number of sulfonamides is 1. The largest absolute Gasteiger partial charge is 0.370 e. The molecular formula is C14H20ClFN4O2S. The van der Waals surface area contributed by atoms with Gasteiger partial charge in [0.05, 0.1) is 11.6 Å². The van der Waals surface area contributed by atoms with E-state index in [0.717, 1.165) is 31.0 Å². The number of nitrogens with zero attached hydrogens (tertiary/aromatic N) is 1. The Balaban J connectivity index is 1.84. The Labute approximate surface area is 140 Å². The minimum absolute atomic E-state index is 0.0725. The van der Waals surface area contributed by atoms with Crippen molar-refractivity contribution >= 4 is 27.6 Å². The predicted molar refractivity (Wildman–Crippen MR) is 88.5 cm³/mol. The molecule has 0 heterocycles. The van der Waals surface area contributed by atoms with Gasteiger partial charge in [0.15, 0.2) is 5.96 Å². The molecule has 4 N–H and O–H groups in total. The Bertz CT molecular complexity index is 675.